The number of rotatable bonds is 24. The Kier molecular flexibility index (Phi) is 16.0. The van der Waals surface area contributed by atoms with Crippen LogP contribution in [0, 0.1) is 0 Å². The molecule has 8 heteroatoms. The number of unbranched alkanes of at least 4 members (excludes halogenated alkanes) is 12. The van der Waals surface area contributed by atoms with Gasteiger partial charge in [-0.2, -0.15) is 0 Å². The first-order valence-corrected chi connectivity index (χ1v) is 25.3. The van der Waals surface area contributed by atoms with Crippen molar-refractivity contribution in [3.63, 3.8) is 0 Å². The zero-order valence-corrected chi connectivity index (χ0v) is 36.8. The van der Waals surface area contributed by atoms with Gasteiger partial charge in [-0.1, -0.05) is 127 Å². The molecule has 6 rings (SSSR count). The van der Waals surface area contributed by atoms with Gasteiger partial charge in [0.1, 0.15) is 10.0 Å². The van der Waals surface area contributed by atoms with E-state index in [1.807, 2.05) is 45.3 Å². The van der Waals surface area contributed by atoms with Gasteiger partial charge in [-0.3, -0.25) is 0 Å². The summed E-state index contributed by atoms with van der Waals surface area (Å²) in [6.07, 6.45) is 25.5. The van der Waals surface area contributed by atoms with E-state index in [9.17, 15) is 0 Å². The highest BCUT2D eigenvalue weighted by Gasteiger charge is 2.22. The van der Waals surface area contributed by atoms with Crippen molar-refractivity contribution in [2.45, 2.75) is 156 Å². The normalized spacial score (nSPS) is 11.8. The first-order valence-electron chi connectivity index (χ1n) is 20.3. The van der Waals surface area contributed by atoms with Crippen molar-refractivity contribution in [2.75, 3.05) is 0 Å². The third kappa shape index (κ3) is 10.3. The minimum absolute atomic E-state index is 1.10. The lowest BCUT2D eigenvalue weighted by Crippen LogP contribution is -1.89. The summed E-state index contributed by atoms with van der Waals surface area (Å²) in [5, 5.41) is 6.90. The van der Waals surface area contributed by atoms with Crippen LogP contribution in [0.25, 0.3) is 48.9 Å². The van der Waals surface area contributed by atoms with E-state index in [1.165, 1.54) is 156 Å². The van der Waals surface area contributed by atoms with Crippen molar-refractivity contribution in [2.24, 2.45) is 0 Å². The van der Waals surface area contributed by atoms with Crippen LogP contribution in [0.1, 0.15) is 153 Å². The minimum Gasteiger partial charge on any atom is -0.222 e. The number of thiophene rings is 4. The SMILES string of the molecule is CCCCCCc1ccsc1-c1nc2sc(-c3sc(-c4cc(CCCCCC)c(-c5sccc5CCCCCC)s4)cc3CCCCCC)nc2s1. The van der Waals surface area contributed by atoms with Crippen molar-refractivity contribution < 1.29 is 0 Å². The van der Waals surface area contributed by atoms with Gasteiger partial charge in [0.25, 0.3) is 0 Å². The lowest BCUT2D eigenvalue weighted by atomic mass is 10.0. The number of aromatic nitrogens is 2. The van der Waals surface area contributed by atoms with E-state index in [1.54, 1.807) is 22.5 Å². The van der Waals surface area contributed by atoms with Gasteiger partial charge in [-0.05, 0) is 109 Å². The molecule has 6 aromatic heterocycles. The standard InChI is InChI=1S/C44H58N2S6/c1-5-9-13-17-21-31-25-27-47-37(31)38-33(23-19-15-11-7-3)29-35(49-38)36-30-34(24-20-16-12-8-4)40(50-36)42-46-44-43(52-42)45-41(51-44)39-32(26-28-48-39)22-18-14-10-6-2/h25-30H,5-24H2,1-4H3. The van der Waals surface area contributed by atoms with Crippen LogP contribution < -0.4 is 0 Å². The summed E-state index contributed by atoms with van der Waals surface area (Å²) in [4.78, 5) is 21.4. The van der Waals surface area contributed by atoms with Crippen LogP contribution in [-0.4, -0.2) is 9.97 Å². The Labute approximate surface area is 337 Å². The number of aryl methyl sites for hydroxylation is 4. The fraction of sp³-hybridized carbons (Fsp3) is 0.545. The van der Waals surface area contributed by atoms with Crippen molar-refractivity contribution in [3.05, 3.63) is 57.3 Å². The Morgan fingerprint density at radius 1 is 0.404 bits per heavy atom. The van der Waals surface area contributed by atoms with Crippen LogP contribution >= 0.6 is 68.0 Å². The molecule has 2 nitrogen and oxygen atoms in total. The second-order valence-corrected chi connectivity index (χ2v) is 20.3. The minimum atomic E-state index is 1.10. The van der Waals surface area contributed by atoms with Gasteiger partial charge in [-0.15, -0.1) is 45.3 Å². The van der Waals surface area contributed by atoms with Crippen molar-refractivity contribution in [1.82, 2.24) is 9.97 Å². The molecule has 0 atom stereocenters. The highest BCUT2D eigenvalue weighted by Crippen LogP contribution is 2.48. The first-order chi connectivity index (χ1) is 25.6. The smallest absolute Gasteiger partial charge is 0.155 e. The van der Waals surface area contributed by atoms with Crippen LogP contribution in [0.5, 0.6) is 0 Å². The molecule has 6 heterocycles. The molecule has 52 heavy (non-hydrogen) atoms. The van der Waals surface area contributed by atoms with E-state index in [0.717, 1.165) is 32.5 Å². The fourth-order valence-corrected chi connectivity index (χ4v) is 14.0. The summed E-state index contributed by atoms with van der Waals surface area (Å²) in [6, 6.07) is 9.83. The number of nitrogens with zero attached hydrogens (tertiary/aromatic N) is 2. The van der Waals surface area contributed by atoms with Crippen molar-refractivity contribution >= 4 is 77.7 Å². The molecule has 280 valence electrons. The molecule has 0 aliphatic rings. The average Bonchev–Trinajstić information content (AvgIpc) is 4.00. The Balaban J connectivity index is 1.30. The fourth-order valence-electron chi connectivity index (χ4n) is 7.10. The van der Waals surface area contributed by atoms with E-state index in [-0.39, 0.29) is 0 Å². The topological polar surface area (TPSA) is 25.8 Å². The van der Waals surface area contributed by atoms with E-state index >= 15 is 0 Å². The molecule has 0 aliphatic carbocycles. The Morgan fingerprint density at radius 3 is 1.31 bits per heavy atom. The maximum atomic E-state index is 5.31. The summed E-state index contributed by atoms with van der Waals surface area (Å²) < 4.78 is 0. The molecule has 0 saturated heterocycles. The summed E-state index contributed by atoms with van der Waals surface area (Å²) in [5.41, 5.74) is 6.08. The van der Waals surface area contributed by atoms with Gasteiger partial charge in [0.2, 0.25) is 0 Å². The maximum absolute atomic E-state index is 5.31. The predicted octanol–water partition coefficient (Wildman–Crippen LogP) is 17.2. The third-order valence-electron chi connectivity index (χ3n) is 10.1. The Bertz CT molecular complexity index is 1890. The number of hydrogen-bond donors (Lipinski definition) is 0. The highest BCUT2D eigenvalue weighted by molar-refractivity contribution is 7.32. The molecule has 0 radical (unpaired) electrons. The Morgan fingerprint density at radius 2 is 0.808 bits per heavy atom. The summed E-state index contributed by atoms with van der Waals surface area (Å²) in [7, 11) is 0. The van der Waals surface area contributed by atoms with Crippen LogP contribution in [0.4, 0.5) is 0 Å². The molecule has 0 amide bonds. The molecule has 0 unspecified atom stereocenters. The molecule has 0 aromatic carbocycles. The van der Waals surface area contributed by atoms with E-state index in [2.05, 4.69) is 74.1 Å². The van der Waals surface area contributed by atoms with Gasteiger partial charge >= 0.3 is 0 Å². The number of hydrogen-bond acceptors (Lipinski definition) is 8. The highest BCUT2D eigenvalue weighted by atomic mass is 32.1. The summed E-state index contributed by atoms with van der Waals surface area (Å²) >= 11 is 11.4. The zero-order chi connectivity index (χ0) is 36.1. The van der Waals surface area contributed by atoms with Crippen LogP contribution in [0.2, 0.25) is 0 Å². The van der Waals surface area contributed by atoms with Gasteiger partial charge in [0, 0.05) is 19.5 Å². The quantitative estimate of drug-likeness (QED) is 0.0569. The molecule has 0 aliphatic heterocycles. The second-order valence-electron chi connectivity index (χ2n) is 14.4. The van der Waals surface area contributed by atoms with Crippen LogP contribution in [0.15, 0.2) is 35.0 Å². The molecule has 0 spiro atoms. The molecule has 6 aromatic rings. The van der Waals surface area contributed by atoms with Gasteiger partial charge in [0.05, 0.1) is 9.75 Å². The summed E-state index contributed by atoms with van der Waals surface area (Å²) in [6.45, 7) is 9.22. The van der Waals surface area contributed by atoms with Crippen LogP contribution in [0.3, 0.4) is 0 Å². The largest absolute Gasteiger partial charge is 0.222 e. The number of fused-ring (bicyclic) bond motifs is 1. The van der Waals surface area contributed by atoms with Crippen LogP contribution in [-0.2, 0) is 25.7 Å². The molecule has 0 saturated carbocycles. The van der Waals surface area contributed by atoms with Gasteiger partial charge in [-0.25, -0.2) is 9.97 Å². The molecule has 0 bridgehead atoms. The molecule has 0 N–H and O–H groups in total. The average molecular weight is 807 g/mol. The lowest BCUT2D eigenvalue weighted by Gasteiger charge is -2.06. The van der Waals surface area contributed by atoms with Gasteiger partial charge in [0.15, 0.2) is 9.66 Å². The van der Waals surface area contributed by atoms with Crippen molar-refractivity contribution in [1.29, 1.82) is 0 Å². The first kappa shape index (κ1) is 40.0. The predicted molar refractivity (Wildman–Crippen MR) is 240 cm³/mol. The van der Waals surface area contributed by atoms with Gasteiger partial charge < -0.3 is 0 Å². The van der Waals surface area contributed by atoms with E-state index in [4.69, 9.17) is 9.97 Å². The zero-order valence-electron chi connectivity index (χ0n) is 32.0. The summed E-state index contributed by atoms with van der Waals surface area (Å²) in [5.74, 6) is 0. The maximum Gasteiger partial charge on any atom is 0.155 e. The van der Waals surface area contributed by atoms with Crippen molar-refractivity contribution in [3.8, 4) is 39.3 Å². The molecule has 0 fully saturated rings. The second kappa shape index (κ2) is 20.8. The van der Waals surface area contributed by atoms with E-state index < -0.39 is 0 Å². The lowest BCUT2D eigenvalue weighted by molar-refractivity contribution is 0.666. The third-order valence-corrected chi connectivity index (χ3v) is 17.1. The van der Waals surface area contributed by atoms with E-state index in [0.29, 0.717) is 0 Å². The monoisotopic (exact) mass is 806 g/mol. The Hall–Kier alpha value is -1.68. The molecular weight excluding hydrogens is 749 g/mol. The number of thiazole rings is 2. The molecular formula is C44H58N2S6.